The molecule has 314 valence electrons. The lowest BCUT2D eigenvalue weighted by molar-refractivity contribution is -0.117. The van der Waals surface area contributed by atoms with E-state index in [1.54, 1.807) is 22.3 Å². The number of anilines is 2. The topological polar surface area (TPSA) is 64.7 Å². The Labute approximate surface area is 350 Å². The van der Waals surface area contributed by atoms with E-state index in [1.165, 1.54) is 142 Å². The van der Waals surface area contributed by atoms with E-state index in [4.69, 9.17) is 0 Å². The molecule has 2 heterocycles. The molecule has 2 aromatic rings. The minimum Gasteiger partial charge on any atom is -0.326 e. The fourth-order valence-electron chi connectivity index (χ4n) is 14.5. The Morgan fingerprint density at radius 2 is 0.983 bits per heavy atom. The molecule has 6 heteroatoms. The Bertz CT molecular complexity index is 1670. The van der Waals surface area contributed by atoms with Crippen LogP contribution in [0.25, 0.3) is 0 Å². The number of fused-ring (bicyclic) bond motifs is 2. The Balaban J connectivity index is 0.649. The molecule has 6 nitrogen and oxygen atoms in total. The summed E-state index contributed by atoms with van der Waals surface area (Å²) in [6.07, 6.45) is 32.0. The molecule has 2 amide bonds. The molecule has 0 spiro atoms. The van der Waals surface area contributed by atoms with Gasteiger partial charge >= 0.3 is 0 Å². The number of benzene rings is 2. The average molecular weight is 787 g/mol. The van der Waals surface area contributed by atoms with Crippen LogP contribution in [0.15, 0.2) is 36.4 Å². The first-order chi connectivity index (χ1) is 28.5. The van der Waals surface area contributed by atoms with Gasteiger partial charge in [0, 0.05) is 60.2 Å². The highest BCUT2D eigenvalue weighted by Gasteiger charge is 2.55. The molecule has 8 aliphatic rings. The third-order valence-corrected chi connectivity index (χ3v) is 18.0. The number of hydrogen-bond donors (Lipinski definition) is 2. The summed E-state index contributed by atoms with van der Waals surface area (Å²) < 4.78 is 0. The highest BCUT2D eigenvalue weighted by Crippen LogP contribution is 2.58. The first-order valence-corrected chi connectivity index (χ1v) is 24.8. The number of nitrogens with one attached hydrogen (secondary N) is 2. The maximum Gasteiger partial charge on any atom is 0.224 e. The Hall–Kier alpha value is -2.70. The Morgan fingerprint density at radius 1 is 0.534 bits per heavy atom. The van der Waals surface area contributed by atoms with Gasteiger partial charge in [0.05, 0.1) is 0 Å². The van der Waals surface area contributed by atoms with E-state index < -0.39 is 0 Å². The third kappa shape index (κ3) is 7.62. The van der Waals surface area contributed by atoms with Gasteiger partial charge in [-0.25, -0.2) is 0 Å². The van der Waals surface area contributed by atoms with Crippen molar-refractivity contribution in [3.05, 3.63) is 58.7 Å². The quantitative estimate of drug-likeness (QED) is 0.177. The van der Waals surface area contributed by atoms with Gasteiger partial charge in [0.25, 0.3) is 0 Å². The van der Waals surface area contributed by atoms with Gasteiger partial charge in [-0.05, 0) is 173 Å². The van der Waals surface area contributed by atoms with Crippen molar-refractivity contribution >= 4 is 23.2 Å². The van der Waals surface area contributed by atoms with E-state index >= 15 is 0 Å². The van der Waals surface area contributed by atoms with E-state index in [1.807, 2.05) is 0 Å². The summed E-state index contributed by atoms with van der Waals surface area (Å²) in [6.45, 7) is 5.18. The molecule has 6 atom stereocenters. The van der Waals surface area contributed by atoms with Crippen molar-refractivity contribution in [3.63, 3.8) is 0 Å². The third-order valence-electron chi connectivity index (χ3n) is 18.0. The zero-order valence-electron chi connectivity index (χ0n) is 35.9. The van der Waals surface area contributed by atoms with Gasteiger partial charge < -0.3 is 10.6 Å². The van der Waals surface area contributed by atoms with E-state index in [9.17, 15) is 9.59 Å². The molecule has 4 saturated carbocycles. The van der Waals surface area contributed by atoms with Gasteiger partial charge in [0.15, 0.2) is 0 Å². The largest absolute Gasteiger partial charge is 0.326 e. The molecule has 2 saturated heterocycles. The zero-order chi connectivity index (χ0) is 39.1. The molecule has 10 rings (SSSR count). The van der Waals surface area contributed by atoms with E-state index in [0.717, 1.165) is 85.7 Å². The number of amides is 2. The van der Waals surface area contributed by atoms with Gasteiger partial charge in [0.1, 0.15) is 0 Å². The van der Waals surface area contributed by atoms with E-state index in [2.05, 4.69) is 56.8 Å². The summed E-state index contributed by atoms with van der Waals surface area (Å²) >= 11 is 0. The summed E-state index contributed by atoms with van der Waals surface area (Å²) in [5, 5.41) is 6.62. The van der Waals surface area contributed by atoms with Crippen molar-refractivity contribution in [1.82, 2.24) is 9.80 Å². The summed E-state index contributed by atoms with van der Waals surface area (Å²) in [7, 11) is 0. The SMILES string of the molecule is O=C(CCCCCCCCC(=O)Nc1ccc2c(c1)[C@]13CCCC[C@H]1[C@H](C2)N(CC1CCC1)CC3)Nc1ccc2c(c1)[C@]13CCCC[C@H]1[C@H](C2)N(CC1CCC1)CC3. The Morgan fingerprint density at radius 3 is 1.41 bits per heavy atom. The molecule has 2 aromatic carbocycles. The van der Waals surface area contributed by atoms with Gasteiger partial charge in [-0.3, -0.25) is 19.4 Å². The number of nitrogens with zero attached hydrogens (tertiary/aromatic N) is 2. The number of rotatable bonds is 15. The lowest BCUT2D eigenvalue weighted by Gasteiger charge is -2.59. The molecule has 6 fully saturated rings. The maximum absolute atomic E-state index is 13.1. The van der Waals surface area contributed by atoms with Crippen molar-refractivity contribution < 1.29 is 9.59 Å². The van der Waals surface area contributed by atoms with Gasteiger partial charge in [0.2, 0.25) is 11.8 Å². The second kappa shape index (κ2) is 17.0. The van der Waals surface area contributed by atoms with Crippen LogP contribution < -0.4 is 10.6 Å². The predicted molar refractivity (Wildman–Crippen MR) is 236 cm³/mol. The van der Waals surface area contributed by atoms with Crippen LogP contribution in [0.3, 0.4) is 0 Å². The fraction of sp³-hybridized carbons (Fsp3) is 0.731. The molecule has 0 aromatic heterocycles. The van der Waals surface area contributed by atoms with Crippen LogP contribution >= 0.6 is 0 Å². The average Bonchev–Trinajstić information content (AvgIpc) is 3.20. The second-order valence-corrected chi connectivity index (χ2v) is 21.1. The monoisotopic (exact) mass is 787 g/mol. The van der Waals surface area contributed by atoms with Crippen LogP contribution in [0.5, 0.6) is 0 Å². The van der Waals surface area contributed by atoms with Crippen LogP contribution in [0.2, 0.25) is 0 Å². The van der Waals surface area contributed by atoms with Crippen LogP contribution in [-0.2, 0) is 33.3 Å². The summed E-state index contributed by atoms with van der Waals surface area (Å²) in [5.41, 5.74) is 8.94. The molecule has 0 radical (unpaired) electrons. The minimum atomic E-state index is 0.160. The van der Waals surface area contributed by atoms with Crippen LogP contribution in [-0.4, -0.2) is 59.9 Å². The van der Waals surface area contributed by atoms with Gasteiger partial charge in [-0.15, -0.1) is 0 Å². The normalized spacial score (nSPS) is 31.8. The number of carbonyl (C=O) groups is 2. The molecule has 2 N–H and O–H groups in total. The van der Waals surface area contributed by atoms with E-state index in [0.29, 0.717) is 23.7 Å². The predicted octanol–water partition coefficient (Wildman–Crippen LogP) is 11.1. The minimum absolute atomic E-state index is 0.160. The smallest absolute Gasteiger partial charge is 0.224 e. The van der Waals surface area contributed by atoms with Gasteiger partial charge in [-0.2, -0.15) is 0 Å². The summed E-state index contributed by atoms with van der Waals surface area (Å²) in [6, 6.07) is 15.3. The standard InChI is InChI=1S/C52H74N4O2/c57-49(53-41-23-21-39-31-47-43-17-7-9-25-51(43,45(39)33-41)27-29-55(47)35-37-13-11-14-37)19-5-3-1-2-4-6-20-50(58)54-42-24-22-40-32-48-44-18-8-10-26-52(44,46(40)34-42)28-30-56(48)36-38-15-12-16-38/h21-24,33-34,37-38,43-44,47-48H,1-20,25-32,35-36H2,(H,53,57)(H,54,58)/t43-,44-,47-,48-,51-,52-/m0/s1. The molecule has 0 unspecified atom stereocenters. The van der Waals surface area contributed by atoms with Crippen molar-refractivity contribution in [2.24, 2.45) is 23.7 Å². The highest BCUT2D eigenvalue weighted by molar-refractivity contribution is 5.91. The van der Waals surface area contributed by atoms with Crippen molar-refractivity contribution in [2.45, 2.75) is 190 Å². The summed E-state index contributed by atoms with van der Waals surface area (Å²) in [4.78, 5) is 32.0. The summed E-state index contributed by atoms with van der Waals surface area (Å²) in [5.74, 6) is 3.78. The fourth-order valence-corrected chi connectivity index (χ4v) is 14.5. The van der Waals surface area contributed by atoms with Crippen molar-refractivity contribution in [1.29, 1.82) is 0 Å². The Kier molecular flexibility index (Phi) is 11.5. The molecular formula is C52H74N4O2. The van der Waals surface area contributed by atoms with Crippen LogP contribution in [0.4, 0.5) is 11.4 Å². The van der Waals surface area contributed by atoms with E-state index in [-0.39, 0.29) is 11.8 Å². The van der Waals surface area contributed by atoms with Crippen LogP contribution in [0.1, 0.15) is 176 Å². The first-order valence-electron chi connectivity index (χ1n) is 24.8. The number of likely N-dealkylation sites (tertiary alicyclic amines) is 2. The first kappa shape index (κ1) is 39.4. The van der Waals surface area contributed by atoms with Gasteiger partial charge in [-0.1, -0.05) is 76.3 Å². The highest BCUT2D eigenvalue weighted by atomic mass is 16.2. The molecule has 6 aliphatic carbocycles. The lowest BCUT2D eigenvalue weighted by Crippen LogP contribution is -2.61. The van der Waals surface area contributed by atoms with Crippen molar-refractivity contribution in [2.75, 3.05) is 36.8 Å². The second-order valence-electron chi connectivity index (χ2n) is 21.1. The zero-order valence-corrected chi connectivity index (χ0v) is 35.9. The molecule has 4 bridgehead atoms. The van der Waals surface area contributed by atoms with Crippen molar-refractivity contribution in [3.8, 4) is 0 Å². The molecule has 2 aliphatic heterocycles. The number of piperidine rings is 2. The maximum atomic E-state index is 13.1. The van der Waals surface area contributed by atoms with Crippen LogP contribution in [0, 0.1) is 23.7 Å². The number of carbonyl (C=O) groups excluding carboxylic acids is 2. The lowest BCUT2D eigenvalue weighted by atomic mass is 9.52. The molecular weight excluding hydrogens is 713 g/mol. The number of unbranched alkanes of at least 4 members (excludes halogenated alkanes) is 5. The number of hydrogen-bond acceptors (Lipinski definition) is 4. The molecule has 58 heavy (non-hydrogen) atoms.